The maximum atomic E-state index is 12.3. The van der Waals surface area contributed by atoms with Gasteiger partial charge >= 0.3 is 5.97 Å². The monoisotopic (exact) mass is 394 g/mol. The Hall–Kier alpha value is -2.29. The van der Waals surface area contributed by atoms with Crippen LogP contribution in [0.5, 0.6) is 0 Å². The molecule has 4 unspecified atom stereocenters. The van der Waals surface area contributed by atoms with Gasteiger partial charge in [-0.05, 0) is 46.1 Å². The average molecular weight is 394 g/mol. The van der Waals surface area contributed by atoms with Crippen LogP contribution in [0.4, 0.5) is 0 Å². The van der Waals surface area contributed by atoms with E-state index in [9.17, 15) is 19.2 Å². The lowest BCUT2D eigenvalue weighted by Crippen LogP contribution is -2.49. The molecule has 2 aliphatic heterocycles. The maximum Gasteiger partial charge on any atom is 0.329 e. The number of nitrogens with one attached hydrogen (secondary N) is 3. The molecule has 0 aromatic rings. The Morgan fingerprint density at radius 2 is 1.96 bits per heavy atom. The molecule has 4 atom stereocenters. The van der Waals surface area contributed by atoms with Crippen molar-refractivity contribution >= 4 is 29.8 Å². The molecule has 2 aliphatic rings. The Balaban J connectivity index is 1.85. The molecule has 28 heavy (non-hydrogen) atoms. The second-order valence-electron chi connectivity index (χ2n) is 8.44. The minimum absolute atomic E-state index is 0.0302. The van der Waals surface area contributed by atoms with Gasteiger partial charge < -0.3 is 25.7 Å². The Morgan fingerprint density at radius 1 is 1.25 bits per heavy atom. The number of amides is 2. The standard InChI is InChI=1S/C19H30N4O5/c1-19(2,3)28-18(27)15(5-4-13(24)8-20)22-16(25)9-21-17(26)14-11-23-7-6-12(14)10-23/h8,12,14-15,20H,4-7,9-11H2,1-3H3,(H,21,26)(H,22,25). The molecule has 2 saturated heterocycles. The van der Waals surface area contributed by atoms with Gasteiger partial charge in [-0.25, -0.2) is 4.79 Å². The second kappa shape index (κ2) is 9.27. The van der Waals surface area contributed by atoms with Crippen LogP contribution >= 0.6 is 0 Å². The normalized spacial score (nSPS) is 24.3. The molecule has 2 fully saturated rings. The first kappa shape index (κ1) is 22.0. The van der Waals surface area contributed by atoms with Crippen molar-refractivity contribution in [1.82, 2.24) is 15.5 Å². The lowest BCUT2D eigenvalue weighted by atomic mass is 9.92. The number of nitrogens with zero attached hydrogens (tertiary/aromatic N) is 1. The molecule has 2 rings (SSSR count). The molecule has 9 heteroatoms. The van der Waals surface area contributed by atoms with E-state index in [4.69, 9.17) is 10.1 Å². The van der Waals surface area contributed by atoms with E-state index in [2.05, 4.69) is 15.5 Å². The third-order valence-corrected chi connectivity index (χ3v) is 4.96. The number of ether oxygens (including phenoxy) is 1. The van der Waals surface area contributed by atoms with Crippen LogP contribution in [0, 0.1) is 17.2 Å². The second-order valence-corrected chi connectivity index (χ2v) is 8.44. The van der Waals surface area contributed by atoms with Crippen molar-refractivity contribution in [1.29, 1.82) is 5.41 Å². The van der Waals surface area contributed by atoms with Crippen molar-refractivity contribution in [3.05, 3.63) is 0 Å². The first-order chi connectivity index (χ1) is 13.1. The van der Waals surface area contributed by atoms with Gasteiger partial charge in [0.05, 0.1) is 18.7 Å². The molecular weight excluding hydrogens is 364 g/mol. The van der Waals surface area contributed by atoms with Crippen molar-refractivity contribution in [3.63, 3.8) is 0 Å². The smallest absolute Gasteiger partial charge is 0.329 e. The minimum Gasteiger partial charge on any atom is -0.458 e. The summed E-state index contributed by atoms with van der Waals surface area (Å²) in [7, 11) is 0. The van der Waals surface area contributed by atoms with E-state index in [1.54, 1.807) is 20.8 Å². The van der Waals surface area contributed by atoms with E-state index in [-0.39, 0.29) is 31.2 Å². The number of hydrogen-bond acceptors (Lipinski definition) is 7. The van der Waals surface area contributed by atoms with Crippen molar-refractivity contribution in [2.24, 2.45) is 11.8 Å². The summed E-state index contributed by atoms with van der Waals surface area (Å²) in [6.45, 7) is 7.57. The van der Waals surface area contributed by atoms with Gasteiger partial charge in [0.25, 0.3) is 0 Å². The first-order valence-electron chi connectivity index (χ1n) is 9.64. The van der Waals surface area contributed by atoms with Crippen LogP contribution in [0.1, 0.15) is 40.0 Å². The van der Waals surface area contributed by atoms with Gasteiger partial charge in [-0.1, -0.05) is 0 Å². The van der Waals surface area contributed by atoms with Gasteiger partial charge in [0.15, 0.2) is 5.78 Å². The fraction of sp³-hybridized carbons (Fsp3) is 0.737. The zero-order chi connectivity index (χ0) is 20.9. The summed E-state index contributed by atoms with van der Waals surface area (Å²) in [6, 6.07) is -1.01. The number of esters is 1. The highest BCUT2D eigenvalue weighted by atomic mass is 16.6. The summed E-state index contributed by atoms with van der Waals surface area (Å²) in [5.74, 6) is -1.49. The van der Waals surface area contributed by atoms with Gasteiger partial charge in [-0.3, -0.25) is 14.4 Å². The summed E-state index contributed by atoms with van der Waals surface area (Å²) >= 11 is 0. The number of rotatable bonds is 9. The summed E-state index contributed by atoms with van der Waals surface area (Å²) in [6.07, 6.45) is 1.66. The van der Waals surface area contributed by atoms with E-state index >= 15 is 0 Å². The fourth-order valence-corrected chi connectivity index (χ4v) is 3.61. The third kappa shape index (κ3) is 6.40. The molecule has 2 bridgehead atoms. The zero-order valence-corrected chi connectivity index (χ0v) is 16.7. The van der Waals surface area contributed by atoms with Crippen molar-refractivity contribution in [3.8, 4) is 0 Å². The number of Topliss-reactive ketones (excluding diaryl/α,β-unsaturated/α-hetero) is 1. The highest BCUT2D eigenvalue weighted by Gasteiger charge is 2.41. The highest BCUT2D eigenvalue weighted by molar-refractivity contribution is 6.26. The number of carbonyl (C=O) groups excluding carboxylic acids is 4. The molecule has 156 valence electrons. The van der Waals surface area contributed by atoms with E-state index in [1.165, 1.54) is 0 Å². The predicted octanol–water partition coefficient (Wildman–Crippen LogP) is -0.120. The van der Waals surface area contributed by atoms with Crippen molar-refractivity contribution in [2.45, 2.75) is 51.7 Å². The molecule has 0 saturated carbocycles. The Bertz CT molecular complexity index is 643. The zero-order valence-electron chi connectivity index (χ0n) is 16.7. The van der Waals surface area contributed by atoms with Gasteiger partial charge in [-0.2, -0.15) is 0 Å². The van der Waals surface area contributed by atoms with Gasteiger partial charge in [0, 0.05) is 19.5 Å². The van der Waals surface area contributed by atoms with Crippen LogP contribution in [0.15, 0.2) is 0 Å². The molecule has 3 N–H and O–H groups in total. The molecule has 2 amide bonds. The van der Waals surface area contributed by atoms with Gasteiger partial charge in [-0.15, -0.1) is 0 Å². The largest absolute Gasteiger partial charge is 0.458 e. The third-order valence-electron chi connectivity index (χ3n) is 4.96. The molecule has 0 radical (unpaired) electrons. The molecule has 2 heterocycles. The predicted molar refractivity (Wildman–Crippen MR) is 102 cm³/mol. The number of carbonyl (C=O) groups is 4. The van der Waals surface area contributed by atoms with Gasteiger partial charge in [0.1, 0.15) is 11.6 Å². The minimum atomic E-state index is -1.01. The quantitative estimate of drug-likeness (QED) is 0.369. The number of fused-ring (bicyclic) bond motifs is 2. The van der Waals surface area contributed by atoms with Crippen LogP contribution in [-0.2, 0) is 23.9 Å². The Kier molecular flexibility index (Phi) is 7.29. The summed E-state index contributed by atoms with van der Waals surface area (Å²) < 4.78 is 5.29. The molecule has 0 aromatic carbocycles. The molecular formula is C19H30N4O5. The van der Waals surface area contributed by atoms with E-state index < -0.39 is 29.3 Å². The van der Waals surface area contributed by atoms with Crippen molar-refractivity contribution < 1.29 is 23.9 Å². The number of hydrogen-bond donors (Lipinski definition) is 3. The maximum absolute atomic E-state index is 12.3. The fourth-order valence-electron chi connectivity index (χ4n) is 3.61. The highest BCUT2D eigenvalue weighted by Crippen LogP contribution is 2.32. The van der Waals surface area contributed by atoms with Crippen LogP contribution in [0.2, 0.25) is 0 Å². The van der Waals surface area contributed by atoms with Crippen molar-refractivity contribution in [2.75, 3.05) is 26.2 Å². The van der Waals surface area contributed by atoms with E-state index in [1.807, 2.05) is 0 Å². The molecule has 9 nitrogen and oxygen atoms in total. The molecule has 0 aromatic heterocycles. The Labute approximate surface area is 165 Å². The molecule has 0 spiro atoms. The SMILES string of the molecule is CC(C)(C)OC(=O)C(CCC(=O)C=N)NC(=O)CNC(=O)C1CN2CCC1C2. The Morgan fingerprint density at radius 3 is 2.50 bits per heavy atom. The van der Waals surface area contributed by atoms with Crippen LogP contribution in [0.3, 0.4) is 0 Å². The lowest BCUT2D eigenvalue weighted by Gasteiger charge is -2.25. The van der Waals surface area contributed by atoms with Crippen LogP contribution in [0.25, 0.3) is 0 Å². The molecule has 0 aliphatic carbocycles. The summed E-state index contributed by atoms with van der Waals surface area (Å²) in [5, 5.41) is 12.1. The van der Waals surface area contributed by atoms with E-state index in [0.717, 1.165) is 26.1 Å². The van der Waals surface area contributed by atoms with Crippen LogP contribution in [-0.4, -0.2) is 72.5 Å². The van der Waals surface area contributed by atoms with Crippen LogP contribution < -0.4 is 10.6 Å². The summed E-state index contributed by atoms with van der Waals surface area (Å²) in [4.78, 5) is 50.5. The average Bonchev–Trinajstić information content (AvgIpc) is 3.24. The number of ketones is 1. The lowest BCUT2D eigenvalue weighted by molar-refractivity contribution is -0.158. The van der Waals surface area contributed by atoms with Gasteiger partial charge in [0.2, 0.25) is 11.8 Å². The topological polar surface area (TPSA) is 129 Å². The summed E-state index contributed by atoms with van der Waals surface area (Å²) in [5.41, 5.74) is -0.739. The first-order valence-corrected chi connectivity index (χ1v) is 9.64. The van der Waals surface area contributed by atoms with E-state index in [0.29, 0.717) is 12.1 Å². The number of piperidine rings is 1.